The van der Waals surface area contributed by atoms with Gasteiger partial charge in [-0.3, -0.25) is 0 Å². The minimum absolute atomic E-state index is 0.822. The number of hydrogen-bond donors (Lipinski definition) is 0. The van der Waals surface area contributed by atoms with Gasteiger partial charge < -0.3 is 9.64 Å². The molecule has 0 bridgehead atoms. The molecule has 214 valence electrons. The molecule has 6 aromatic carbocycles. The molecule has 1 heterocycles. The molecule has 0 aliphatic carbocycles. The van der Waals surface area contributed by atoms with Crippen molar-refractivity contribution in [3.63, 3.8) is 0 Å². The van der Waals surface area contributed by atoms with Gasteiger partial charge >= 0.3 is 0 Å². The van der Waals surface area contributed by atoms with Crippen LogP contribution in [0.5, 0.6) is 11.5 Å². The molecule has 0 amide bonds. The van der Waals surface area contributed by atoms with Gasteiger partial charge in [-0.05, 0) is 67.7 Å². The number of benzene rings is 6. The Labute approximate surface area is 262 Å². The second-order valence-electron chi connectivity index (χ2n) is 10.6. The van der Waals surface area contributed by atoms with Gasteiger partial charge in [-0.15, -0.1) is 6.58 Å². The predicted octanol–water partition coefficient (Wildman–Crippen LogP) is 8.02. The quantitative estimate of drug-likeness (QED) is 0.122. The Balaban J connectivity index is 1.45. The fourth-order valence-electron chi connectivity index (χ4n) is 5.87. The zero-order chi connectivity index (χ0) is 29.7. The zero-order valence-electron chi connectivity index (χ0n) is 24.5. The molecule has 0 spiro atoms. The van der Waals surface area contributed by atoms with E-state index in [9.17, 15) is 0 Å². The lowest BCUT2D eigenvalue weighted by Gasteiger charge is -2.37. The summed E-state index contributed by atoms with van der Waals surface area (Å²) in [5, 5.41) is 7.67. The first-order valence-corrected chi connectivity index (χ1v) is 17.6. The summed E-state index contributed by atoms with van der Waals surface area (Å²) in [4.78, 5) is 2.44. The number of fused-ring (bicyclic) bond motifs is 2. The van der Waals surface area contributed by atoms with Gasteiger partial charge in [0.25, 0.3) is 0 Å². The molecule has 4 heteroatoms. The highest BCUT2D eigenvalue weighted by molar-refractivity contribution is 7.80. The van der Waals surface area contributed by atoms with Crippen molar-refractivity contribution < 1.29 is 4.74 Å². The molecular formula is C40H33NOP2. The van der Waals surface area contributed by atoms with Gasteiger partial charge in [0.2, 0.25) is 0 Å². The minimum Gasteiger partial charge on any atom is -0.452 e. The van der Waals surface area contributed by atoms with E-state index in [1.165, 1.54) is 31.8 Å². The van der Waals surface area contributed by atoms with Gasteiger partial charge in [0, 0.05) is 17.2 Å². The van der Waals surface area contributed by atoms with Crippen molar-refractivity contribution in [1.82, 2.24) is 0 Å². The molecule has 0 saturated heterocycles. The van der Waals surface area contributed by atoms with Gasteiger partial charge in [0.15, 0.2) is 11.5 Å². The van der Waals surface area contributed by atoms with Crippen molar-refractivity contribution in [1.29, 1.82) is 0 Å². The topological polar surface area (TPSA) is 12.5 Å². The van der Waals surface area contributed by atoms with Gasteiger partial charge in [-0.25, -0.2) is 0 Å². The third-order valence-corrected chi connectivity index (χ3v) is 12.8. The molecule has 0 unspecified atom stereocenters. The van der Waals surface area contributed by atoms with Crippen molar-refractivity contribution in [3.05, 3.63) is 170 Å². The summed E-state index contributed by atoms with van der Waals surface area (Å²) in [5.41, 5.74) is 2.22. The van der Waals surface area contributed by atoms with Crippen LogP contribution in [0.25, 0.3) is 0 Å². The van der Waals surface area contributed by atoms with E-state index >= 15 is 0 Å². The highest BCUT2D eigenvalue weighted by Crippen LogP contribution is 2.51. The Kier molecular flexibility index (Phi) is 8.38. The number of hydrogen-bond acceptors (Lipinski definition) is 2. The normalized spacial score (nSPS) is 12.0. The van der Waals surface area contributed by atoms with E-state index in [4.69, 9.17) is 4.74 Å². The standard InChI is InChI=1S/C40H33NOP2/c1-2-3-30-41-35-26-16-28-37(43(31-18-8-4-9-19-31)32-20-10-5-11-21-32)39(35)42-40-36(41)27-17-29-38(40)44(33-22-12-6-13-23-33)34-24-14-7-15-25-34/h2,4-29H,1,3,30H2. The Hall–Kier alpha value is -4.48. The van der Waals surface area contributed by atoms with Crippen molar-refractivity contribution in [3.8, 4) is 11.5 Å². The maximum Gasteiger partial charge on any atom is 0.159 e. The van der Waals surface area contributed by atoms with Crippen LogP contribution in [0.1, 0.15) is 6.42 Å². The first-order chi connectivity index (χ1) is 21.8. The summed E-state index contributed by atoms with van der Waals surface area (Å²) in [6.45, 7) is 4.88. The monoisotopic (exact) mass is 605 g/mol. The lowest BCUT2D eigenvalue weighted by molar-refractivity contribution is 0.481. The molecule has 0 radical (unpaired) electrons. The first kappa shape index (κ1) is 28.3. The largest absolute Gasteiger partial charge is 0.452 e. The molecule has 7 rings (SSSR count). The smallest absolute Gasteiger partial charge is 0.159 e. The molecule has 0 atom stereocenters. The maximum atomic E-state index is 7.26. The van der Waals surface area contributed by atoms with Crippen molar-refractivity contribution in [2.45, 2.75) is 6.42 Å². The molecule has 6 aromatic rings. The summed E-state index contributed by atoms with van der Waals surface area (Å²) in [6, 6.07) is 56.8. The average molecular weight is 606 g/mol. The van der Waals surface area contributed by atoms with E-state index < -0.39 is 15.8 Å². The van der Waals surface area contributed by atoms with E-state index in [2.05, 4.69) is 169 Å². The van der Waals surface area contributed by atoms with Crippen LogP contribution >= 0.6 is 15.8 Å². The highest BCUT2D eigenvalue weighted by atomic mass is 31.1. The number of rotatable bonds is 9. The lowest BCUT2D eigenvalue weighted by atomic mass is 10.1. The molecule has 0 fully saturated rings. The maximum absolute atomic E-state index is 7.26. The summed E-state index contributed by atoms with van der Waals surface area (Å²) in [6.07, 6.45) is 2.87. The molecule has 0 N–H and O–H groups in total. The minimum atomic E-state index is -0.861. The van der Waals surface area contributed by atoms with Crippen molar-refractivity contribution >= 4 is 59.0 Å². The summed E-state index contributed by atoms with van der Waals surface area (Å²) in [7, 11) is -1.72. The van der Waals surface area contributed by atoms with Gasteiger partial charge in [-0.1, -0.05) is 140 Å². The van der Waals surface area contributed by atoms with Crippen LogP contribution in [0, 0.1) is 0 Å². The Morgan fingerprint density at radius 2 is 0.841 bits per heavy atom. The number of ether oxygens (including phenoxy) is 1. The molecule has 0 saturated carbocycles. The third-order valence-electron chi connectivity index (χ3n) is 7.83. The Morgan fingerprint density at radius 1 is 0.477 bits per heavy atom. The Bertz CT molecular complexity index is 1650. The van der Waals surface area contributed by atoms with Crippen LogP contribution in [0.3, 0.4) is 0 Å². The van der Waals surface area contributed by atoms with Gasteiger partial charge in [-0.2, -0.15) is 0 Å². The molecule has 0 aromatic heterocycles. The van der Waals surface area contributed by atoms with E-state index in [1.807, 2.05) is 6.08 Å². The van der Waals surface area contributed by atoms with E-state index in [0.29, 0.717) is 0 Å². The number of anilines is 2. The zero-order valence-corrected chi connectivity index (χ0v) is 26.2. The predicted molar refractivity (Wildman–Crippen MR) is 192 cm³/mol. The van der Waals surface area contributed by atoms with E-state index in [1.54, 1.807) is 0 Å². The molecule has 2 nitrogen and oxygen atoms in total. The number of para-hydroxylation sites is 2. The number of nitrogens with zero attached hydrogens (tertiary/aromatic N) is 1. The highest BCUT2D eigenvalue weighted by Gasteiger charge is 2.33. The van der Waals surface area contributed by atoms with Crippen molar-refractivity contribution in [2.24, 2.45) is 0 Å². The lowest BCUT2D eigenvalue weighted by Crippen LogP contribution is -2.30. The molecule has 1 aliphatic heterocycles. The van der Waals surface area contributed by atoms with Crippen LogP contribution in [-0.4, -0.2) is 6.54 Å². The van der Waals surface area contributed by atoms with Gasteiger partial charge in [0.05, 0.1) is 11.4 Å². The van der Waals surface area contributed by atoms with Crippen LogP contribution in [0.15, 0.2) is 170 Å². The second kappa shape index (κ2) is 13.0. The first-order valence-electron chi connectivity index (χ1n) is 15.0. The van der Waals surface area contributed by atoms with Crippen LogP contribution in [-0.2, 0) is 0 Å². The third kappa shape index (κ3) is 5.48. The van der Waals surface area contributed by atoms with Crippen LogP contribution in [0.2, 0.25) is 0 Å². The average Bonchev–Trinajstić information content (AvgIpc) is 3.09. The Morgan fingerprint density at radius 3 is 1.18 bits per heavy atom. The molecular weight excluding hydrogens is 572 g/mol. The van der Waals surface area contributed by atoms with Gasteiger partial charge in [0.1, 0.15) is 0 Å². The van der Waals surface area contributed by atoms with E-state index in [0.717, 1.165) is 35.8 Å². The molecule has 1 aliphatic rings. The second-order valence-corrected chi connectivity index (χ2v) is 15.0. The fraction of sp³-hybridized carbons (Fsp3) is 0.0500. The van der Waals surface area contributed by atoms with Crippen LogP contribution < -0.4 is 41.5 Å². The van der Waals surface area contributed by atoms with E-state index in [-0.39, 0.29) is 0 Å². The summed E-state index contributed by atoms with van der Waals surface area (Å²) < 4.78 is 7.26. The summed E-state index contributed by atoms with van der Waals surface area (Å²) in [5.74, 6) is 1.90. The van der Waals surface area contributed by atoms with Crippen LogP contribution in [0.4, 0.5) is 11.4 Å². The fourth-order valence-corrected chi connectivity index (χ4v) is 10.7. The summed E-state index contributed by atoms with van der Waals surface area (Å²) >= 11 is 0. The SMILES string of the molecule is C=CCCN1c2cccc(P(c3ccccc3)c3ccccc3)c2Oc2c1cccc2P(c1ccccc1)c1ccccc1. The molecule has 44 heavy (non-hydrogen) atoms. The van der Waals surface area contributed by atoms with Crippen molar-refractivity contribution in [2.75, 3.05) is 11.4 Å².